The Morgan fingerprint density at radius 2 is 1.90 bits per heavy atom. The minimum Gasteiger partial charge on any atom is -0.444 e. The molecule has 0 bridgehead atoms. The van der Waals surface area contributed by atoms with E-state index in [0.29, 0.717) is 18.8 Å². The molecule has 10 nitrogen and oxygen atoms in total. The van der Waals surface area contributed by atoms with E-state index in [1.165, 1.54) is 21.0 Å². The third-order valence-electron chi connectivity index (χ3n) is 8.05. The minimum absolute atomic E-state index is 0.0920. The van der Waals surface area contributed by atoms with E-state index >= 15 is 0 Å². The van der Waals surface area contributed by atoms with Gasteiger partial charge in [0.1, 0.15) is 17.0 Å². The van der Waals surface area contributed by atoms with Gasteiger partial charge in [0.15, 0.2) is 0 Å². The molecule has 2 aliphatic heterocycles. The lowest BCUT2D eigenvalue weighted by atomic mass is 9.88. The first-order valence-electron chi connectivity index (χ1n) is 14.6. The molecule has 4 rings (SSSR count). The van der Waals surface area contributed by atoms with Crippen LogP contribution in [0.25, 0.3) is 6.08 Å². The van der Waals surface area contributed by atoms with Gasteiger partial charge in [-0.2, -0.15) is 4.31 Å². The van der Waals surface area contributed by atoms with Crippen molar-refractivity contribution in [3.8, 4) is 0 Å². The number of ether oxygens (including phenoxy) is 1. The molecular weight excluding hydrogens is 544 g/mol. The van der Waals surface area contributed by atoms with E-state index in [0.717, 1.165) is 48.2 Å². The van der Waals surface area contributed by atoms with Gasteiger partial charge in [-0.3, -0.25) is 9.79 Å². The molecule has 226 valence electrons. The van der Waals surface area contributed by atoms with Crippen molar-refractivity contribution in [2.75, 3.05) is 26.2 Å². The lowest BCUT2D eigenvalue weighted by molar-refractivity contribution is -0.125. The van der Waals surface area contributed by atoms with Gasteiger partial charge in [0.2, 0.25) is 10.0 Å². The van der Waals surface area contributed by atoms with Crippen LogP contribution in [0.3, 0.4) is 0 Å². The third kappa shape index (κ3) is 7.75. The number of carbonyl (C=O) groups is 2. The zero-order chi connectivity index (χ0) is 29.8. The van der Waals surface area contributed by atoms with E-state index in [4.69, 9.17) is 9.73 Å². The Kier molecular flexibility index (Phi) is 9.60. The van der Waals surface area contributed by atoms with Crippen molar-refractivity contribution >= 4 is 33.9 Å². The summed E-state index contributed by atoms with van der Waals surface area (Å²) in [6.45, 7) is 7.93. The molecule has 41 heavy (non-hydrogen) atoms. The molecule has 2 N–H and O–H groups in total. The summed E-state index contributed by atoms with van der Waals surface area (Å²) in [5.41, 5.74) is 0.939. The van der Waals surface area contributed by atoms with Gasteiger partial charge in [0.05, 0.1) is 6.61 Å². The average Bonchev–Trinajstić information content (AvgIpc) is 3.23. The van der Waals surface area contributed by atoms with Crippen molar-refractivity contribution in [3.63, 3.8) is 0 Å². The second-order valence-electron chi connectivity index (χ2n) is 12.4. The van der Waals surface area contributed by atoms with E-state index in [1.54, 1.807) is 26.8 Å². The number of amides is 2. The van der Waals surface area contributed by atoms with Crippen LogP contribution in [0.4, 0.5) is 4.79 Å². The highest BCUT2D eigenvalue weighted by atomic mass is 32.2. The zero-order valence-corrected chi connectivity index (χ0v) is 25.5. The molecule has 1 aromatic rings. The van der Waals surface area contributed by atoms with Crippen molar-refractivity contribution in [1.82, 2.24) is 14.5 Å². The van der Waals surface area contributed by atoms with Crippen molar-refractivity contribution in [3.05, 3.63) is 40.3 Å². The number of aliphatic imine (C=N–C) groups is 1. The molecule has 2 amide bonds. The smallest absolute Gasteiger partial charge is 0.410 e. The van der Waals surface area contributed by atoms with E-state index in [2.05, 4.69) is 5.32 Å². The molecule has 2 fully saturated rings. The van der Waals surface area contributed by atoms with Crippen LogP contribution in [-0.2, 0) is 26.1 Å². The Balaban J connectivity index is 1.38. The first kappa shape index (κ1) is 31.2. The maximum atomic E-state index is 13.2. The molecule has 0 aromatic heterocycles. The van der Waals surface area contributed by atoms with Crippen LogP contribution < -0.4 is 5.32 Å². The summed E-state index contributed by atoms with van der Waals surface area (Å²) >= 11 is 0. The third-order valence-corrected chi connectivity index (χ3v) is 9.61. The molecule has 3 aliphatic rings. The Morgan fingerprint density at radius 3 is 2.51 bits per heavy atom. The maximum Gasteiger partial charge on any atom is 0.410 e. The van der Waals surface area contributed by atoms with Crippen LogP contribution in [0.2, 0.25) is 0 Å². The maximum absolute atomic E-state index is 13.2. The standard InChI is InChI=1S/C30H44N4O6S/c1-22-20-23(21-33(17-18-35)28(37)40-29(2,3)4)10-11-24(22)12-19-41(38,39)34-15-13-30(14-16-34)27(36)31-26(32-30)25-8-6-5-7-9-25/h10-12,19-20,25,35H,5-9,13-18,21H2,1-4H3,(H,31,32,36)/b19-12+. The number of amidine groups is 1. The highest BCUT2D eigenvalue weighted by Gasteiger charge is 2.48. The number of rotatable bonds is 8. The van der Waals surface area contributed by atoms with Gasteiger partial charge >= 0.3 is 6.09 Å². The summed E-state index contributed by atoms with van der Waals surface area (Å²) in [4.78, 5) is 31.7. The van der Waals surface area contributed by atoms with Gasteiger partial charge in [-0.05, 0) is 76.1 Å². The number of hydrogen-bond acceptors (Lipinski definition) is 7. The predicted octanol–water partition coefficient (Wildman–Crippen LogP) is 3.97. The summed E-state index contributed by atoms with van der Waals surface area (Å²) < 4.78 is 33.2. The predicted molar refractivity (Wildman–Crippen MR) is 159 cm³/mol. The van der Waals surface area contributed by atoms with Crippen LogP contribution in [0.15, 0.2) is 28.6 Å². The summed E-state index contributed by atoms with van der Waals surface area (Å²) in [5.74, 6) is 1.02. The Hall–Kier alpha value is -2.76. The summed E-state index contributed by atoms with van der Waals surface area (Å²) in [6, 6.07) is 5.55. The fourth-order valence-corrected chi connectivity index (χ4v) is 6.91. The normalized spacial score (nSPS) is 20.3. The number of piperidine rings is 1. The van der Waals surface area contributed by atoms with Gasteiger partial charge in [-0.1, -0.05) is 37.5 Å². The van der Waals surface area contributed by atoms with Crippen molar-refractivity contribution < 1.29 is 27.9 Å². The molecule has 0 unspecified atom stereocenters. The van der Waals surface area contributed by atoms with E-state index < -0.39 is 27.3 Å². The topological polar surface area (TPSA) is 129 Å². The number of nitrogens with one attached hydrogen (secondary N) is 1. The molecule has 1 aromatic carbocycles. The molecule has 11 heteroatoms. The lowest BCUT2D eigenvalue weighted by Crippen LogP contribution is -2.50. The number of benzene rings is 1. The molecule has 0 radical (unpaired) electrons. The minimum atomic E-state index is -3.69. The largest absolute Gasteiger partial charge is 0.444 e. The monoisotopic (exact) mass is 588 g/mol. The SMILES string of the molecule is Cc1cc(CN(CCO)C(=O)OC(C)(C)C)ccc1/C=C/S(=O)(=O)N1CCC2(CC1)N=C(C1CCCCC1)NC2=O. The van der Waals surface area contributed by atoms with Gasteiger partial charge < -0.3 is 20.1 Å². The molecule has 0 atom stereocenters. The fourth-order valence-electron chi connectivity index (χ4n) is 5.73. The number of nitrogens with zero attached hydrogens (tertiary/aromatic N) is 3. The summed E-state index contributed by atoms with van der Waals surface area (Å²) in [6.07, 6.45) is 7.45. The first-order valence-corrected chi connectivity index (χ1v) is 16.1. The lowest BCUT2D eigenvalue weighted by Gasteiger charge is -2.34. The fraction of sp³-hybridized carbons (Fsp3) is 0.633. The van der Waals surface area contributed by atoms with Crippen LogP contribution in [0, 0.1) is 12.8 Å². The van der Waals surface area contributed by atoms with Crippen molar-refractivity contribution in [1.29, 1.82) is 0 Å². The van der Waals surface area contributed by atoms with Gasteiger partial charge in [0, 0.05) is 37.5 Å². The second-order valence-corrected chi connectivity index (χ2v) is 14.2. The van der Waals surface area contributed by atoms with Crippen molar-refractivity contribution in [2.24, 2.45) is 10.9 Å². The number of sulfonamides is 1. The molecule has 1 saturated heterocycles. The summed E-state index contributed by atoms with van der Waals surface area (Å²) in [7, 11) is -3.69. The molecule has 2 heterocycles. The van der Waals surface area contributed by atoms with Gasteiger partial charge in [-0.15, -0.1) is 0 Å². The molecule has 1 spiro atoms. The highest BCUT2D eigenvalue weighted by molar-refractivity contribution is 7.92. The average molecular weight is 589 g/mol. The molecule has 1 saturated carbocycles. The number of aliphatic hydroxyl groups excluding tert-OH is 1. The number of hydrogen-bond donors (Lipinski definition) is 2. The Bertz CT molecular complexity index is 1290. The number of carbonyl (C=O) groups excluding carboxylic acids is 2. The van der Waals surface area contributed by atoms with E-state index in [9.17, 15) is 23.1 Å². The van der Waals surface area contributed by atoms with Gasteiger partial charge in [-0.25, -0.2) is 13.2 Å². The highest BCUT2D eigenvalue weighted by Crippen LogP contribution is 2.35. The quantitative estimate of drug-likeness (QED) is 0.473. The van der Waals surface area contributed by atoms with Crippen LogP contribution in [0.1, 0.15) is 82.4 Å². The van der Waals surface area contributed by atoms with E-state index in [-0.39, 0.29) is 38.7 Å². The first-order chi connectivity index (χ1) is 19.3. The molecular formula is C30H44N4O6S. The Morgan fingerprint density at radius 1 is 1.22 bits per heavy atom. The van der Waals surface area contributed by atoms with Crippen molar-refractivity contribution in [2.45, 2.75) is 90.3 Å². The second kappa shape index (κ2) is 12.6. The van der Waals surface area contributed by atoms with Crippen LogP contribution in [-0.4, -0.2) is 77.9 Å². The summed E-state index contributed by atoms with van der Waals surface area (Å²) in [5, 5.41) is 13.6. The van der Waals surface area contributed by atoms with Crippen LogP contribution in [0.5, 0.6) is 0 Å². The Labute approximate surface area is 243 Å². The molecule has 1 aliphatic carbocycles. The number of aliphatic hydroxyl groups is 1. The van der Waals surface area contributed by atoms with E-state index in [1.807, 2.05) is 25.1 Å². The van der Waals surface area contributed by atoms with Gasteiger partial charge in [0.25, 0.3) is 5.91 Å². The zero-order valence-electron chi connectivity index (χ0n) is 24.7. The number of aryl methyl sites for hydroxylation is 1. The van der Waals surface area contributed by atoms with Crippen LogP contribution >= 0.6 is 0 Å².